The molecule has 0 radical (unpaired) electrons. The molecule has 0 saturated carbocycles. The fourth-order valence-electron chi connectivity index (χ4n) is 0.933. The lowest BCUT2D eigenvalue weighted by atomic mass is 10.2. The molecule has 0 heterocycles. The Kier molecular flexibility index (Phi) is 3.89. The molecule has 0 amide bonds. The van der Waals surface area contributed by atoms with Gasteiger partial charge in [0.15, 0.2) is 0 Å². The van der Waals surface area contributed by atoms with E-state index >= 15 is 0 Å². The van der Waals surface area contributed by atoms with Crippen LogP contribution in [0, 0.1) is 11.6 Å². The third kappa shape index (κ3) is 2.70. The predicted octanol–water partition coefficient (Wildman–Crippen LogP) is 3.52. The van der Waals surface area contributed by atoms with Gasteiger partial charge in [-0.25, -0.2) is 8.78 Å². The van der Waals surface area contributed by atoms with Gasteiger partial charge in [-0.2, -0.15) is 0 Å². The molecule has 1 aromatic carbocycles. The van der Waals surface area contributed by atoms with Crippen molar-refractivity contribution < 1.29 is 8.78 Å². The SMILES string of the molecule is C/C(=C/Cl)CNc1c(F)cccc1F. The van der Waals surface area contributed by atoms with E-state index in [2.05, 4.69) is 5.32 Å². The summed E-state index contributed by atoms with van der Waals surface area (Å²) in [5.41, 5.74) is 2.05. The van der Waals surface area contributed by atoms with Gasteiger partial charge in [-0.05, 0) is 24.6 Å². The zero-order valence-corrected chi connectivity index (χ0v) is 8.41. The molecule has 0 spiro atoms. The fourth-order valence-corrected chi connectivity index (χ4v) is 1.01. The monoisotopic (exact) mass is 217 g/mol. The standard InChI is InChI=1S/C10H10ClF2N/c1-7(5-11)6-14-10-8(12)3-2-4-9(10)13/h2-5,14H,6H2,1H3/b7-5-. The van der Waals surface area contributed by atoms with E-state index in [0.29, 0.717) is 6.54 Å². The van der Waals surface area contributed by atoms with Gasteiger partial charge >= 0.3 is 0 Å². The van der Waals surface area contributed by atoms with Crippen LogP contribution in [0.1, 0.15) is 6.92 Å². The summed E-state index contributed by atoms with van der Waals surface area (Å²) >= 11 is 5.41. The largest absolute Gasteiger partial charge is 0.377 e. The van der Waals surface area contributed by atoms with Crippen LogP contribution in [-0.2, 0) is 0 Å². The molecule has 0 aliphatic carbocycles. The van der Waals surface area contributed by atoms with Crippen molar-refractivity contribution in [3.8, 4) is 0 Å². The molecular weight excluding hydrogens is 208 g/mol. The van der Waals surface area contributed by atoms with E-state index in [1.807, 2.05) is 0 Å². The number of halogens is 3. The highest BCUT2D eigenvalue weighted by molar-refractivity contribution is 6.25. The van der Waals surface area contributed by atoms with Gasteiger partial charge in [0.1, 0.15) is 17.3 Å². The number of rotatable bonds is 3. The van der Waals surface area contributed by atoms with E-state index < -0.39 is 11.6 Å². The van der Waals surface area contributed by atoms with Crippen LogP contribution in [0.3, 0.4) is 0 Å². The minimum atomic E-state index is -0.604. The van der Waals surface area contributed by atoms with Gasteiger partial charge in [-0.1, -0.05) is 17.7 Å². The fraction of sp³-hybridized carbons (Fsp3) is 0.200. The summed E-state index contributed by atoms with van der Waals surface area (Å²) in [5.74, 6) is -1.21. The lowest BCUT2D eigenvalue weighted by Crippen LogP contribution is -2.06. The maximum atomic E-state index is 13.0. The van der Waals surface area contributed by atoms with Crippen molar-refractivity contribution in [3.05, 3.63) is 40.9 Å². The van der Waals surface area contributed by atoms with Crippen molar-refractivity contribution >= 4 is 17.3 Å². The predicted molar refractivity (Wildman–Crippen MR) is 54.5 cm³/mol. The smallest absolute Gasteiger partial charge is 0.149 e. The number of hydrogen-bond donors (Lipinski definition) is 1. The molecule has 14 heavy (non-hydrogen) atoms. The highest BCUT2D eigenvalue weighted by Gasteiger charge is 2.06. The van der Waals surface area contributed by atoms with Crippen LogP contribution in [-0.4, -0.2) is 6.54 Å². The van der Waals surface area contributed by atoms with E-state index in [9.17, 15) is 8.78 Å². The third-order valence-electron chi connectivity index (χ3n) is 1.69. The van der Waals surface area contributed by atoms with E-state index in [0.717, 1.165) is 5.57 Å². The van der Waals surface area contributed by atoms with Crippen molar-refractivity contribution in [3.63, 3.8) is 0 Å². The highest BCUT2D eigenvalue weighted by Crippen LogP contribution is 2.18. The Labute approximate surface area is 86.4 Å². The Hall–Kier alpha value is -1.09. The Morgan fingerprint density at radius 2 is 2.00 bits per heavy atom. The lowest BCUT2D eigenvalue weighted by molar-refractivity contribution is 0.589. The summed E-state index contributed by atoms with van der Waals surface area (Å²) in [5, 5.41) is 2.63. The molecule has 0 aromatic heterocycles. The highest BCUT2D eigenvalue weighted by atomic mass is 35.5. The van der Waals surface area contributed by atoms with Gasteiger partial charge in [0.25, 0.3) is 0 Å². The van der Waals surface area contributed by atoms with Crippen LogP contribution in [0.4, 0.5) is 14.5 Å². The van der Waals surface area contributed by atoms with Gasteiger partial charge in [0, 0.05) is 12.1 Å². The first-order valence-corrected chi connectivity index (χ1v) is 4.52. The number of benzene rings is 1. The summed E-state index contributed by atoms with van der Waals surface area (Å²) in [4.78, 5) is 0. The Balaban J connectivity index is 2.76. The van der Waals surface area contributed by atoms with E-state index in [-0.39, 0.29) is 5.69 Å². The second-order valence-corrected chi connectivity index (χ2v) is 3.12. The molecule has 0 atom stereocenters. The van der Waals surface area contributed by atoms with Gasteiger partial charge in [-0.15, -0.1) is 0 Å². The summed E-state index contributed by atoms with van der Waals surface area (Å²) in [6, 6.07) is 3.72. The van der Waals surface area contributed by atoms with Crippen molar-refractivity contribution in [2.24, 2.45) is 0 Å². The first kappa shape index (κ1) is 11.0. The van der Waals surface area contributed by atoms with E-state index in [1.165, 1.54) is 23.7 Å². The molecule has 0 bridgehead atoms. The molecule has 1 aromatic rings. The second-order valence-electron chi connectivity index (χ2n) is 2.91. The van der Waals surface area contributed by atoms with Crippen LogP contribution in [0.2, 0.25) is 0 Å². The Morgan fingerprint density at radius 1 is 1.43 bits per heavy atom. The first-order chi connectivity index (χ1) is 6.65. The molecule has 76 valence electrons. The third-order valence-corrected chi connectivity index (χ3v) is 2.07. The first-order valence-electron chi connectivity index (χ1n) is 4.09. The number of para-hydroxylation sites is 1. The summed E-state index contributed by atoms with van der Waals surface area (Å²) < 4.78 is 26.1. The van der Waals surface area contributed by atoms with Crippen molar-refractivity contribution in [1.29, 1.82) is 0 Å². The van der Waals surface area contributed by atoms with Gasteiger partial charge < -0.3 is 5.32 Å². The maximum absolute atomic E-state index is 13.0. The van der Waals surface area contributed by atoms with E-state index in [1.54, 1.807) is 6.92 Å². The van der Waals surface area contributed by atoms with Crippen LogP contribution in [0.15, 0.2) is 29.3 Å². The van der Waals surface area contributed by atoms with Crippen molar-refractivity contribution in [2.75, 3.05) is 11.9 Å². The summed E-state index contributed by atoms with van der Waals surface area (Å²) in [6.45, 7) is 2.08. The lowest BCUT2D eigenvalue weighted by Gasteiger charge is -2.07. The normalized spacial score (nSPS) is 11.6. The average Bonchev–Trinajstić information content (AvgIpc) is 2.16. The van der Waals surface area contributed by atoms with Gasteiger partial charge in [0.05, 0.1) is 0 Å². The zero-order valence-electron chi connectivity index (χ0n) is 7.65. The molecule has 0 fully saturated rings. The van der Waals surface area contributed by atoms with Crippen LogP contribution in [0.5, 0.6) is 0 Å². The number of hydrogen-bond acceptors (Lipinski definition) is 1. The Morgan fingerprint density at radius 3 is 2.50 bits per heavy atom. The summed E-state index contributed by atoms with van der Waals surface area (Å²) in [7, 11) is 0. The molecule has 1 rings (SSSR count). The van der Waals surface area contributed by atoms with Gasteiger partial charge in [-0.3, -0.25) is 0 Å². The van der Waals surface area contributed by atoms with Crippen molar-refractivity contribution in [1.82, 2.24) is 0 Å². The minimum Gasteiger partial charge on any atom is -0.377 e. The molecular formula is C10H10ClF2N. The molecule has 0 aliphatic rings. The van der Waals surface area contributed by atoms with Crippen molar-refractivity contribution in [2.45, 2.75) is 6.92 Å². The van der Waals surface area contributed by atoms with E-state index in [4.69, 9.17) is 11.6 Å². The molecule has 0 unspecified atom stereocenters. The topological polar surface area (TPSA) is 12.0 Å². The molecule has 0 aliphatic heterocycles. The summed E-state index contributed by atoms with van der Waals surface area (Å²) in [6.07, 6.45) is 0. The molecule has 0 saturated heterocycles. The molecule has 1 nitrogen and oxygen atoms in total. The van der Waals surface area contributed by atoms with Gasteiger partial charge in [0.2, 0.25) is 0 Å². The van der Waals surface area contributed by atoms with Crippen LogP contribution < -0.4 is 5.32 Å². The zero-order chi connectivity index (χ0) is 10.6. The van der Waals surface area contributed by atoms with Crippen LogP contribution in [0.25, 0.3) is 0 Å². The van der Waals surface area contributed by atoms with Crippen LogP contribution >= 0.6 is 11.6 Å². The quantitative estimate of drug-likeness (QED) is 0.817. The minimum absolute atomic E-state index is 0.120. The number of anilines is 1. The average molecular weight is 218 g/mol. The Bertz CT molecular complexity index is 330. The molecule has 4 heteroatoms. The second kappa shape index (κ2) is 4.96. The maximum Gasteiger partial charge on any atom is 0.149 e. The molecule has 1 N–H and O–H groups in total. The number of nitrogens with one attached hydrogen (secondary N) is 1.